The van der Waals surface area contributed by atoms with E-state index >= 15 is 0 Å². The second kappa shape index (κ2) is 12.8. The Balaban J connectivity index is 1.49. The van der Waals surface area contributed by atoms with E-state index in [2.05, 4.69) is 11.2 Å². The van der Waals surface area contributed by atoms with E-state index in [1.165, 1.54) is 12.1 Å². The standard InChI is InChI=1S/C31H34F2N2O5S2/c1-3-23-20-41-25(28(23)39-29(32)33)19-35-27(40-42(36,37)24-11-9-22(2)10-12-24)18-30(26-8-4-7-16-34-26)15-17-38-31(21-30)13-5-6-14-31/h1,4,7-12,16,20,27,29,35H,5-6,13-15,17-19,21H2,2H3/t27-,30?/m1/s1. The Kier molecular flexibility index (Phi) is 9.30. The van der Waals surface area contributed by atoms with Crippen LogP contribution in [0.1, 0.15) is 66.6 Å². The van der Waals surface area contributed by atoms with Gasteiger partial charge in [-0.15, -0.1) is 17.8 Å². The molecule has 1 unspecified atom stereocenters. The number of rotatable bonds is 11. The number of nitrogens with one attached hydrogen (secondary N) is 1. The first-order chi connectivity index (χ1) is 20.1. The number of hydrogen-bond acceptors (Lipinski definition) is 8. The molecule has 0 amide bonds. The van der Waals surface area contributed by atoms with Crippen LogP contribution < -0.4 is 10.1 Å². The van der Waals surface area contributed by atoms with Gasteiger partial charge in [0.05, 0.1) is 20.9 Å². The monoisotopic (exact) mass is 616 g/mol. The molecule has 5 rings (SSSR count). The van der Waals surface area contributed by atoms with Gasteiger partial charge in [0.15, 0.2) is 5.75 Å². The molecule has 1 N–H and O–H groups in total. The van der Waals surface area contributed by atoms with Crippen LogP contribution >= 0.6 is 11.3 Å². The molecule has 224 valence electrons. The van der Waals surface area contributed by atoms with Gasteiger partial charge in [0.1, 0.15) is 6.23 Å². The highest BCUT2D eigenvalue weighted by atomic mass is 32.2. The van der Waals surface area contributed by atoms with E-state index < -0.39 is 28.4 Å². The Bertz CT molecular complexity index is 1500. The van der Waals surface area contributed by atoms with Crippen molar-refractivity contribution in [3.05, 3.63) is 75.7 Å². The van der Waals surface area contributed by atoms with Crippen LogP contribution in [0.3, 0.4) is 0 Å². The van der Waals surface area contributed by atoms with Crippen LogP contribution in [0, 0.1) is 19.3 Å². The lowest BCUT2D eigenvalue weighted by atomic mass is 9.67. The number of ether oxygens (including phenoxy) is 2. The molecule has 1 aliphatic heterocycles. The van der Waals surface area contributed by atoms with Crippen molar-refractivity contribution in [3.63, 3.8) is 0 Å². The number of aromatic nitrogens is 1. The molecule has 7 nitrogen and oxygen atoms in total. The summed E-state index contributed by atoms with van der Waals surface area (Å²) in [5, 5.41) is 4.75. The molecule has 2 aliphatic rings. The van der Waals surface area contributed by atoms with Gasteiger partial charge < -0.3 is 9.47 Å². The summed E-state index contributed by atoms with van der Waals surface area (Å²) >= 11 is 1.16. The van der Waals surface area contributed by atoms with Crippen molar-refractivity contribution in [2.24, 2.45) is 0 Å². The summed E-state index contributed by atoms with van der Waals surface area (Å²) in [4.78, 5) is 5.15. The summed E-state index contributed by atoms with van der Waals surface area (Å²) in [5.41, 5.74) is 1.11. The average molecular weight is 617 g/mol. The highest BCUT2D eigenvalue weighted by Gasteiger charge is 2.50. The second-order valence-corrected chi connectivity index (χ2v) is 13.6. The maximum absolute atomic E-state index is 13.5. The third-order valence-electron chi connectivity index (χ3n) is 8.17. The minimum absolute atomic E-state index is 0.00241. The fourth-order valence-electron chi connectivity index (χ4n) is 6.18. The van der Waals surface area contributed by atoms with Gasteiger partial charge in [-0.05, 0) is 63.3 Å². The largest absolute Gasteiger partial charge is 0.432 e. The van der Waals surface area contributed by atoms with Crippen LogP contribution in [-0.4, -0.2) is 38.4 Å². The highest BCUT2D eigenvalue weighted by molar-refractivity contribution is 7.86. The van der Waals surface area contributed by atoms with Gasteiger partial charge in [0, 0.05) is 35.8 Å². The van der Waals surface area contributed by atoms with Crippen molar-refractivity contribution in [3.8, 4) is 18.1 Å². The fraction of sp³-hybridized carbons (Fsp3) is 0.452. The maximum atomic E-state index is 13.5. The first-order valence-electron chi connectivity index (χ1n) is 13.9. The Morgan fingerprint density at radius 3 is 2.60 bits per heavy atom. The summed E-state index contributed by atoms with van der Waals surface area (Å²) in [7, 11) is -4.19. The van der Waals surface area contributed by atoms with Crippen LogP contribution in [-0.2, 0) is 31.0 Å². The normalized spacial score (nSPS) is 20.9. The SMILES string of the molecule is C#Cc1csc(CN[C@@H](CC2(c3ccccn3)CCOC3(CCCC3)C2)OS(=O)(=O)c2ccc(C)cc2)c1OC(F)F. The number of terminal acetylenes is 1. The Morgan fingerprint density at radius 1 is 1.17 bits per heavy atom. The number of aryl methyl sites for hydroxylation is 1. The zero-order valence-electron chi connectivity index (χ0n) is 23.4. The maximum Gasteiger partial charge on any atom is 0.387 e. The van der Waals surface area contributed by atoms with E-state index in [1.807, 2.05) is 25.1 Å². The minimum atomic E-state index is -4.19. The lowest BCUT2D eigenvalue weighted by molar-refractivity contribution is -0.109. The minimum Gasteiger partial charge on any atom is -0.432 e. The van der Waals surface area contributed by atoms with Gasteiger partial charge in [0.2, 0.25) is 0 Å². The first-order valence-corrected chi connectivity index (χ1v) is 16.2. The number of pyridine rings is 1. The van der Waals surface area contributed by atoms with Crippen molar-refractivity contribution in [1.29, 1.82) is 0 Å². The molecule has 0 bridgehead atoms. The third kappa shape index (κ3) is 6.84. The molecule has 1 spiro atoms. The van der Waals surface area contributed by atoms with Crippen LogP contribution in [0.25, 0.3) is 0 Å². The number of halogens is 2. The topological polar surface area (TPSA) is 86.8 Å². The smallest absolute Gasteiger partial charge is 0.387 e. The van der Waals surface area contributed by atoms with Crippen molar-refractivity contribution in [2.45, 2.75) is 87.2 Å². The molecule has 2 aromatic heterocycles. The summed E-state index contributed by atoms with van der Waals surface area (Å²) in [6, 6.07) is 12.2. The predicted molar refractivity (Wildman–Crippen MR) is 156 cm³/mol. The van der Waals surface area contributed by atoms with Gasteiger partial charge in [-0.1, -0.05) is 42.5 Å². The van der Waals surface area contributed by atoms with E-state index in [0.29, 0.717) is 24.3 Å². The van der Waals surface area contributed by atoms with Crippen LogP contribution in [0.15, 0.2) is 58.9 Å². The molecule has 2 fully saturated rings. The van der Waals surface area contributed by atoms with Gasteiger partial charge in [-0.25, -0.2) is 4.18 Å². The van der Waals surface area contributed by atoms with E-state index in [9.17, 15) is 17.2 Å². The van der Waals surface area contributed by atoms with Gasteiger partial charge in [-0.3, -0.25) is 10.3 Å². The quantitative estimate of drug-likeness (QED) is 0.154. The number of alkyl halides is 2. The molecule has 3 aromatic rings. The second-order valence-electron chi connectivity index (χ2n) is 11.0. The van der Waals surface area contributed by atoms with E-state index in [4.69, 9.17) is 25.1 Å². The zero-order valence-corrected chi connectivity index (χ0v) is 25.0. The summed E-state index contributed by atoms with van der Waals surface area (Å²) in [5.74, 6) is 2.27. The van der Waals surface area contributed by atoms with Crippen molar-refractivity contribution in [2.75, 3.05) is 6.61 Å². The summed E-state index contributed by atoms with van der Waals surface area (Å²) < 4.78 is 70.4. The third-order valence-corrected chi connectivity index (χ3v) is 10.5. The Labute approximate surface area is 249 Å². The number of thiophene rings is 1. The highest BCUT2D eigenvalue weighted by Crippen LogP contribution is 2.50. The van der Waals surface area contributed by atoms with Crippen molar-refractivity contribution < 1.29 is 30.9 Å². The zero-order chi connectivity index (χ0) is 29.8. The average Bonchev–Trinajstić information content (AvgIpc) is 3.58. The summed E-state index contributed by atoms with van der Waals surface area (Å²) in [6.07, 6.45) is 11.8. The molecule has 1 aromatic carbocycles. The Hall–Kier alpha value is -2.88. The molecular formula is C31H34F2N2O5S2. The van der Waals surface area contributed by atoms with Crippen LogP contribution in [0.2, 0.25) is 0 Å². The molecule has 42 heavy (non-hydrogen) atoms. The molecule has 1 saturated carbocycles. The van der Waals surface area contributed by atoms with E-state index in [1.54, 1.807) is 23.7 Å². The molecule has 1 saturated heterocycles. The number of hydrogen-bond donors (Lipinski definition) is 1. The lowest BCUT2D eigenvalue weighted by Gasteiger charge is -2.47. The fourth-order valence-corrected chi connectivity index (χ4v) is 8.06. The molecule has 0 radical (unpaired) electrons. The van der Waals surface area contributed by atoms with Gasteiger partial charge in [-0.2, -0.15) is 17.2 Å². The van der Waals surface area contributed by atoms with Gasteiger partial charge in [0.25, 0.3) is 10.1 Å². The van der Waals surface area contributed by atoms with Gasteiger partial charge >= 0.3 is 6.61 Å². The Morgan fingerprint density at radius 2 is 1.93 bits per heavy atom. The van der Waals surface area contributed by atoms with E-state index in [0.717, 1.165) is 48.3 Å². The first kappa shape index (κ1) is 30.6. The molecule has 2 atom stereocenters. The number of benzene rings is 1. The van der Waals surface area contributed by atoms with Crippen molar-refractivity contribution in [1.82, 2.24) is 10.3 Å². The number of nitrogens with zero attached hydrogens (tertiary/aromatic N) is 1. The van der Waals surface area contributed by atoms with Crippen LogP contribution in [0.5, 0.6) is 5.75 Å². The molecule has 1 aliphatic carbocycles. The molecule has 3 heterocycles. The predicted octanol–water partition coefficient (Wildman–Crippen LogP) is 6.31. The molecular weight excluding hydrogens is 582 g/mol. The van der Waals surface area contributed by atoms with Crippen LogP contribution in [0.4, 0.5) is 8.78 Å². The lowest BCUT2D eigenvalue weighted by Crippen LogP contribution is -2.50. The summed E-state index contributed by atoms with van der Waals surface area (Å²) in [6.45, 7) is -0.678. The van der Waals surface area contributed by atoms with E-state index in [-0.39, 0.29) is 34.8 Å². The molecule has 11 heteroatoms. The van der Waals surface area contributed by atoms with Crippen molar-refractivity contribution >= 4 is 21.5 Å².